The molecule has 2 rings (SSSR count). The molecule has 7 heteroatoms. The minimum Gasteiger partial charge on any atom is -0.497 e. The number of aryl methyl sites for hydroxylation is 1. The van der Waals surface area contributed by atoms with Crippen molar-refractivity contribution in [1.82, 2.24) is 14.9 Å². The van der Waals surface area contributed by atoms with E-state index in [9.17, 15) is 0 Å². The molecule has 1 aromatic carbocycles. The van der Waals surface area contributed by atoms with Crippen LogP contribution in [0.3, 0.4) is 0 Å². The van der Waals surface area contributed by atoms with Crippen LogP contribution >= 0.6 is 0 Å². The predicted octanol–water partition coefficient (Wildman–Crippen LogP) is 0.755. The highest BCUT2D eigenvalue weighted by atomic mass is 16.5. The van der Waals surface area contributed by atoms with Gasteiger partial charge in [-0.15, -0.1) is 10.2 Å². The summed E-state index contributed by atoms with van der Waals surface area (Å²) in [5, 5.41) is 11.6. The number of rotatable bonds is 4. The lowest BCUT2D eigenvalue weighted by Crippen LogP contribution is -2.13. The smallest absolute Gasteiger partial charge is 0.263 e. The maximum Gasteiger partial charge on any atom is 0.263 e. The summed E-state index contributed by atoms with van der Waals surface area (Å²) >= 11 is 0. The van der Waals surface area contributed by atoms with E-state index in [2.05, 4.69) is 20.7 Å². The summed E-state index contributed by atoms with van der Waals surface area (Å²) in [4.78, 5) is 0. The molecule has 1 heterocycles. The molecule has 0 atom stereocenters. The molecule has 0 aliphatic carbocycles. The van der Waals surface area contributed by atoms with Crippen LogP contribution in [0.4, 0.5) is 5.95 Å². The number of hydrazone groups is 1. The number of nitrogens with two attached hydrogens (primary N) is 1. The summed E-state index contributed by atoms with van der Waals surface area (Å²) in [5.41, 5.74) is 3.65. The van der Waals surface area contributed by atoms with Gasteiger partial charge in [0.15, 0.2) is 5.82 Å². The van der Waals surface area contributed by atoms with Crippen molar-refractivity contribution in [2.45, 2.75) is 6.92 Å². The van der Waals surface area contributed by atoms with E-state index in [1.807, 2.05) is 24.3 Å². The summed E-state index contributed by atoms with van der Waals surface area (Å²) < 4.78 is 6.39. The second-order valence-corrected chi connectivity index (χ2v) is 3.58. The number of hydrogen-bond acceptors (Lipinski definition) is 6. The quantitative estimate of drug-likeness (QED) is 0.472. The largest absolute Gasteiger partial charge is 0.497 e. The normalized spacial score (nSPS) is 10.8. The zero-order chi connectivity index (χ0) is 13.0. The Kier molecular flexibility index (Phi) is 3.42. The molecule has 18 heavy (non-hydrogen) atoms. The molecule has 7 nitrogen and oxygen atoms in total. The van der Waals surface area contributed by atoms with E-state index in [0.29, 0.717) is 11.8 Å². The Balaban J connectivity index is 2.00. The zero-order valence-electron chi connectivity index (χ0n) is 10.2. The summed E-state index contributed by atoms with van der Waals surface area (Å²) in [5.74, 6) is 7.46. The first-order valence-electron chi connectivity index (χ1n) is 5.31. The topological polar surface area (TPSA) is 90.3 Å². The van der Waals surface area contributed by atoms with Gasteiger partial charge in [-0.3, -0.25) is 0 Å². The van der Waals surface area contributed by atoms with Gasteiger partial charge in [0.2, 0.25) is 0 Å². The van der Waals surface area contributed by atoms with Crippen LogP contribution in [-0.4, -0.2) is 28.2 Å². The van der Waals surface area contributed by atoms with Crippen LogP contribution in [0.15, 0.2) is 29.4 Å². The number of methoxy groups -OCH3 is 1. The molecule has 0 aliphatic rings. The molecule has 0 saturated heterocycles. The van der Waals surface area contributed by atoms with Crippen LogP contribution in [-0.2, 0) is 0 Å². The third-order valence-corrected chi connectivity index (χ3v) is 2.36. The number of anilines is 1. The highest BCUT2D eigenvalue weighted by Crippen LogP contribution is 2.09. The third kappa shape index (κ3) is 2.57. The number of nitrogen functional groups attached to an aromatic ring is 1. The Morgan fingerprint density at radius 1 is 1.33 bits per heavy atom. The zero-order valence-corrected chi connectivity index (χ0v) is 10.2. The molecule has 0 saturated carbocycles. The fourth-order valence-corrected chi connectivity index (χ4v) is 1.30. The van der Waals surface area contributed by atoms with E-state index in [1.165, 1.54) is 4.68 Å². The van der Waals surface area contributed by atoms with Gasteiger partial charge in [-0.05, 0) is 36.8 Å². The van der Waals surface area contributed by atoms with Crippen LogP contribution in [0.2, 0.25) is 0 Å². The van der Waals surface area contributed by atoms with Gasteiger partial charge in [-0.1, -0.05) is 0 Å². The van der Waals surface area contributed by atoms with E-state index in [-0.39, 0.29) is 0 Å². The first-order chi connectivity index (χ1) is 8.70. The van der Waals surface area contributed by atoms with Gasteiger partial charge in [-0.25, -0.2) is 10.1 Å². The van der Waals surface area contributed by atoms with Crippen LogP contribution in [0.1, 0.15) is 11.4 Å². The highest BCUT2D eigenvalue weighted by molar-refractivity contribution is 5.80. The van der Waals surface area contributed by atoms with Crippen molar-refractivity contribution in [3.8, 4) is 5.75 Å². The molecule has 2 aromatic rings. The fraction of sp³-hybridized carbons (Fsp3) is 0.182. The maximum absolute atomic E-state index is 5.66. The average Bonchev–Trinajstić information content (AvgIpc) is 2.71. The molecule has 0 aliphatic heterocycles. The Bertz CT molecular complexity index is 545. The third-order valence-electron chi connectivity index (χ3n) is 2.36. The molecule has 94 valence electrons. The van der Waals surface area contributed by atoms with Gasteiger partial charge in [0.25, 0.3) is 5.95 Å². The SMILES string of the molecule is COc1ccc(/C=N/Nc2nnc(C)n2N)cc1. The van der Waals surface area contributed by atoms with E-state index in [0.717, 1.165) is 11.3 Å². The Labute approximate surface area is 104 Å². The van der Waals surface area contributed by atoms with Crippen molar-refractivity contribution in [3.05, 3.63) is 35.7 Å². The molecule has 3 N–H and O–H groups in total. The van der Waals surface area contributed by atoms with Crippen LogP contribution in [0.25, 0.3) is 0 Å². The van der Waals surface area contributed by atoms with E-state index in [1.54, 1.807) is 20.2 Å². The van der Waals surface area contributed by atoms with E-state index >= 15 is 0 Å². The number of hydrogen-bond donors (Lipinski definition) is 2. The van der Waals surface area contributed by atoms with Gasteiger partial charge >= 0.3 is 0 Å². The Morgan fingerprint density at radius 2 is 2.06 bits per heavy atom. The fourth-order valence-electron chi connectivity index (χ4n) is 1.30. The molecule has 0 amide bonds. The van der Waals surface area contributed by atoms with E-state index in [4.69, 9.17) is 10.6 Å². The number of aromatic nitrogens is 3. The molecular formula is C11H14N6O. The molecule has 0 bridgehead atoms. The monoisotopic (exact) mass is 246 g/mol. The van der Waals surface area contributed by atoms with Crippen molar-refractivity contribution in [2.24, 2.45) is 5.10 Å². The number of nitrogens with one attached hydrogen (secondary N) is 1. The summed E-state index contributed by atoms with van der Waals surface area (Å²) in [7, 11) is 1.63. The first kappa shape index (κ1) is 11.9. The van der Waals surface area contributed by atoms with Crippen molar-refractivity contribution >= 4 is 12.2 Å². The standard InChI is InChI=1S/C11H14N6O/c1-8-14-16-11(17(8)12)15-13-7-9-3-5-10(18-2)6-4-9/h3-7H,12H2,1-2H3,(H,15,16)/b13-7+. The maximum atomic E-state index is 5.66. The van der Waals surface area contributed by atoms with E-state index < -0.39 is 0 Å². The molecular weight excluding hydrogens is 232 g/mol. The molecule has 0 radical (unpaired) electrons. The first-order valence-corrected chi connectivity index (χ1v) is 5.31. The minimum atomic E-state index is 0.386. The van der Waals surface area contributed by atoms with Crippen LogP contribution in [0, 0.1) is 6.92 Å². The highest BCUT2D eigenvalue weighted by Gasteiger charge is 2.02. The minimum absolute atomic E-state index is 0.386. The van der Waals surface area contributed by atoms with Gasteiger partial charge in [0, 0.05) is 0 Å². The lowest BCUT2D eigenvalue weighted by molar-refractivity contribution is 0.415. The van der Waals surface area contributed by atoms with Gasteiger partial charge in [-0.2, -0.15) is 5.10 Å². The Hall–Kier alpha value is -2.57. The summed E-state index contributed by atoms with van der Waals surface area (Å²) in [6.45, 7) is 1.76. The average molecular weight is 246 g/mol. The van der Waals surface area contributed by atoms with Crippen molar-refractivity contribution in [3.63, 3.8) is 0 Å². The summed E-state index contributed by atoms with van der Waals surface area (Å²) in [6, 6.07) is 7.50. The second-order valence-electron chi connectivity index (χ2n) is 3.58. The van der Waals surface area contributed by atoms with Gasteiger partial charge < -0.3 is 10.6 Å². The van der Waals surface area contributed by atoms with Gasteiger partial charge in [0.1, 0.15) is 5.75 Å². The lowest BCUT2D eigenvalue weighted by atomic mass is 10.2. The number of benzene rings is 1. The summed E-state index contributed by atoms with van der Waals surface area (Å²) in [6.07, 6.45) is 1.66. The number of nitrogens with zero attached hydrogens (tertiary/aromatic N) is 4. The number of ether oxygens (including phenoxy) is 1. The molecule has 0 spiro atoms. The predicted molar refractivity (Wildman–Crippen MR) is 69.1 cm³/mol. The van der Waals surface area contributed by atoms with Crippen LogP contribution < -0.4 is 16.0 Å². The molecule has 1 aromatic heterocycles. The lowest BCUT2D eigenvalue weighted by Gasteiger charge is -2.00. The van der Waals surface area contributed by atoms with Crippen molar-refractivity contribution < 1.29 is 4.74 Å². The van der Waals surface area contributed by atoms with Gasteiger partial charge in [0.05, 0.1) is 13.3 Å². The second kappa shape index (κ2) is 5.17. The molecule has 0 fully saturated rings. The van der Waals surface area contributed by atoms with Crippen LogP contribution in [0.5, 0.6) is 5.75 Å². The molecule has 0 unspecified atom stereocenters. The Morgan fingerprint density at radius 3 is 2.61 bits per heavy atom. The van der Waals surface area contributed by atoms with Crippen molar-refractivity contribution in [1.29, 1.82) is 0 Å². The van der Waals surface area contributed by atoms with Crippen molar-refractivity contribution in [2.75, 3.05) is 18.4 Å².